The van der Waals surface area contributed by atoms with Crippen molar-refractivity contribution in [1.29, 1.82) is 0 Å². The lowest BCUT2D eigenvalue weighted by Crippen LogP contribution is -2.53. The quantitative estimate of drug-likeness (QED) is 0.784. The van der Waals surface area contributed by atoms with E-state index >= 15 is 0 Å². The van der Waals surface area contributed by atoms with Gasteiger partial charge >= 0.3 is 0 Å². The summed E-state index contributed by atoms with van der Waals surface area (Å²) in [6, 6.07) is 6.82. The van der Waals surface area contributed by atoms with Crippen LogP contribution < -0.4 is 16.0 Å². The van der Waals surface area contributed by atoms with Gasteiger partial charge in [0, 0.05) is 23.8 Å². The van der Waals surface area contributed by atoms with Gasteiger partial charge in [-0.25, -0.2) is 0 Å². The lowest BCUT2D eigenvalue weighted by Gasteiger charge is -2.29. The molecule has 1 saturated heterocycles. The van der Waals surface area contributed by atoms with Crippen LogP contribution in [-0.4, -0.2) is 37.1 Å². The molecule has 1 aromatic rings. The van der Waals surface area contributed by atoms with E-state index in [2.05, 4.69) is 16.0 Å². The molecular formula is C16H21N3O3. The first-order valence-corrected chi connectivity index (χ1v) is 7.70. The number of nitrogens with one attached hydrogen (secondary N) is 3. The molecule has 3 N–H and O–H groups in total. The van der Waals surface area contributed by atoms with E-state index in [4.69, 9.17) is 4.74 Å². The summed E-state index contributed by atoms with van der Waals surface area (Å²) in [5.41, 5.74) is 1.45. The van der Waals surface area contributed by atoms with Crippen molar-refractivity contribution in [2.45, 2.75) is 31.9 Å². The SMILES string of the molecule is C[C@H]1OCCN[C@@H]1C(=O)Nc1ccc(NC(=O)C2CC2)cc1. The van der Waals surface area contributed by atoms with Crippen LogP contribution in [0, 0.1) is 5.92 Å². The number of carbonyl (C=O) groups is 2. The third-order valence-electron chi connectivity index (χ3n) is 3.97. The highest BCUT2D eigenvalue weighted by Crippen LogP contribution is 2.30. The summed E-state index contributed by atoms with van der Waals surface area (Å²) >= 11 is 0. The zero-order valence-corrected chi connectivity index (χ0v) is 12.6. The predicted molar refractivity (Wildman–Crippen MR) is 83.6 cm³/mol. The third-order valence-corrected chi connectivity index (χ3v) is 3.97. The molecule has 0 bridgehead atoms. The van der Waals surface area contributed by atoms with Crippen molar-refractivity contribution < 1.29 is 14.3 Å². The highest BCUT2D eigenvalue weighted by molar-refractivity contribution is 5.96. The van der Waals surface area contributed by atoms with Crippen LogP contribution in [0.2, 0.25) is 0 Å². The van der Waals surface area contributed by atoms with Gasteiger partial charge in [0.25, 0.3) is 0 Å². The molecule has 1 aliphatic heterocycles. The number of ether oxygens (including phenoxy) is 1. The van der Waals surface area contributed by atoms with E-state index in [0.29, 0.717) is 18.8 Å². The largest absolute Gasteiger partial charge is 0.375 e. The van der Waals surface area contributed by atoms with E-state index in [9.17, 15) is 9.59 Å². The molecule has 6 nitrogen and oxygen atoms in total. The first-order chi connectivity index (χ1) is 10.6. The van der Waals surface area contributed by atoms with Gasteiger partial charge in [0.05, 0.1) is 12.7 Å². The molecule has 2 fully saturated rings. The van der Waals surface area contributed by atoms with Crippen LogP contribution in [-0.2, 0) is 14.3 Å². The second kappa shape index (κ2) is 6.46. The number of hydrogen-bond donors (Lipinski definition) is 3. The lowest BCUT2D eigenvalue weighted by molar-refractivity contribution is -0.123. The van der Waals surface area contributed by atoms with Crippen LogP contribution in [0.15, 0.2) is 24.3 Å². The normalized spacial score (nSPS) is 24.6. The van der Waals surface area contributed by atoms with Crippen molar-refractivity contribution >= 4 is 23.2 Å². The van der Waals surface area contributed by atoms with Crippen LogP contribution in [0.25, 0.3) is 0 Å². The molecule has 22 heavy (non-hydrogen) atoms. The van der Waals surface area contributed by atoms with E-state index in [1.165, 1.54) is 0 Å². The molecule has 118 valence electrons. The van der Waals surface area contributed by atoms with Gasteiger partial charge in [-0.05, 0) is 44.0 Å². The molecule has 0 aromatic heterocycles. The third kappa shape index (κ3) is 3.64. The predicted octanol–water partition coefficient (Wildman–Crippen LogP) is 1.35. The van der Waals surface area contributed by atoms with Gasteiger partial charge in [-0.15, -0.1) is 0 Å². The van der Waals surface area contributed by atoms with Gasteiger partial charge in [-0.1, -0.05) is 0 Å². The minimum Gasteiger partial charge on any atom is -0.375 e. The Bertz CT molecular complexity index is 554. The number of hydrogen-bond acceptors (Lipinski definition) is 4. The smallest absolute Gasteiger partial charge is 0.244 e. The highest BCUT2D eigenvalue weighted by atomic mass is 16.5. The molecule has 0 unspecified atom stereocenters. The number of amides is 2. The van der Waals surface area contributed by atoms with E-state index in [-0.39, 0.29) is 29.9 Å². The summed E-state index contributed by atoms with van der Waals surface area (Å²) in [4.78, 5) is 23.9. The van der Waals surface area contributed by atoms with E-state index in [1.54, 1.807) is 24.3 Å². The number of benzene rings is 1. The summed E-state index contributed by atoms with van der Waals surface area (Å²) in [5, 5.41) is 8.89. The first kappa shape index (κ1) is 15.0. The molecular weight excluding hydrogens is 282 g/mol. The lowest BCUT2D eigenvalue weighted by atomic mass is 10.1. The molecule has 1 heterocycles. The molecule has 3 rings (SSSR count). The van der Waals surface area contributed by atoms with Crippen molar-refractivity contribution in [2.24, 2.45) is 5.92 Å². The molecule has 2 atom stereocenters. The van der Waals surface area contributed by atoms with E-state index in [0.717, 1.165) is 18.5 Å². The first-order valence-electron chi connectivity index (χ1n) is 7.70. The van der Waals surface area contributed by atoms with Crippen molar-refractivity contribution in [3.63, 3.8) is 0 Å². The number of carbonyl (C=O) groups excluding carboxylic acids is 2. The molecule has 6 heteroatoms. The minimum atomic E-state index is -0.344. The Hall–Kier alpha value is -1.92. The number of rotatable bonds is 4. The van der Waals surface area contributed by atoms with E-state index < -0.39 is 0 Å². The van der Waals surface area contributed by atoms with E-state index in [1.807, 2.05) is 6.92 Å². The fourth-order valence-electron chi connectivity index (χ4n) is 2.47. The molecule has 2 aliphatic rings. The van der Waals surface area contributed by atoms with Crippen molar-refractivity contribution in [3.8, 4) is 0 Å². The molecule has 1 aliphatic carbocycles. The molecule has 1 aromatic carbocycles. The maximum Gasteiger partial charge on any atom is 0.244 e. The Morgan fingerprint density at radius 2 is 1.68 bits per heavy atom. The Kier molecular flexibility index (Phi) is 4.40. The van der Waals surface area contributed by atoms with Crippen LogP contribution in [0.3, 0.4) is 0 Å². The summed E-state index contributed by atoms with van der Waals surface area (Å²) in [7, 11) is 0. The second-order valence-corrected chi connectivity index (χ2v) is 5.84. The Morgan fingerprint density at radius 3 is 2.23 bits per heavy atom. The second-order valence-electron chi connectivity index (χ2n) is 5.84. The Balaban J connectivity index is 1.55. The van der Waals surface area contributed by atoms with Gasteiger partial charge in [-0.3, -0.25) is 9.59 Å². The fourth-order valence-corrected chi connectivity index (χ4v) is 2.47. The standard InChI is InChI=1S/C16H21N3O3/c1-10-14(17-8-9-22-10)16(21)19-13-6-4-12(5-7-13)18-15(20)11-2-3-11/h4-7,10-11,14,17H,2-3,8-9H2,1H3,(H,18,20)(H,19,21)/t10-,14+/m1/s1. The van der Waals surface area contributed by atoms with Crippen LogP contribution >= 0.6 is 0 Å². The maximum atomic E-state index is 12.2. The monoisotopic (exact) mass is 303 g/mol. The number of anilines is 2. The molecule has 1 saturated carbocycles. The van der Waals surface area contributed by atoms with Crippen molar-refractivity contribution in [3.05, 3.63) is 24.3 Å². The molecule has 0 radical (unpaired) electrons. The Labute approximate surface area is 129 Å². The average molecular weight is 303 g/mol. The maximum absolute atomic E-state index is 12.2. The number of morpholine rings is 1. The van der Waals surface area contributed by atoms with Crippen molar-refractivity contribution in [2.75, 3.05) is 23.8 Å². The summed E-state index contributed by atoms with van der Waals surface area (Å²) in [6.45, 7) is 3.18. The van der Waals surface area contributed by atoms with Gasteiger partial charge < -0.3 is 20.7 Å². The van der Waals surface area contributed by atoms with Crippen LogP contribution in [0.4, 0.5) is 11.4 Å². The molecule has 0 spiro atoms. The summed E-state index contributed by atoms with van der Waals surface area (Å²) < 4.78 is 5.47. The summed E-state index contributed by atoms with van der Waals surface area (Å²) in [6.07, 6.45) is 1.81. The summed E-state index contributed by atoms with van der Waals surface area (Å²) in [5.74, 6) is 0.148. The van der Waals surface area contributed by atoms with Gasteiger partial charge in [0.1, 0.15) is 6.04 Å². The minimum absolute atomic E-state index is 0.0779. The average Bonchev–Trinajstić information content (AvgIpc) is 3.34. The fraction of sp³-hybridized carbons (Fsp3) is 0.500. The van der Waals surface area contributed by atoms with Gasteiger partial charge in [0.2, 0.25) is 11.8 Å². The van der Waals surface area contributed by atoms with Gasteiger partial charge in [0.15, 0.2) is 0 Å². The molecule has 2 amide bonds. The zero-order valence-electron chi connectivity index (χ0n) is 12.6. The zero-order chi connectivity index (χ0) is 15.5. The van der Waals surface area contributed by atoms with Gasteiger partial charge in [-0.2, -0.15) is 0 Å². The van der Waals surface area contributed by atoms with Crippen LogP contribution in [0.5, 0.6) is 0 Å². The van der Waals surface area contributed by atoms with Crippen molar-refractivity contribution in [1.82, 2.24) is 5.32 Å². The topological polar surface area (TPSA) is 79.5 Å². The highest BCUT2D eigenvalue weighted by Gasteiger charge is 2.30. The van der Waals surface area contributed by atoms with Crippen LogP contribution in [0.1, 0.15) is 19.8 Å². The Morgan fingerprint density at radius 1 is 1.09 bits per heavy atom.